The second-order valence-corrected chi connectivity index (χ2v) is 5.38. The summed E-state index contributed by atoms with van der Waals surface area (Å²) in [6.45, 7) is 1.49. The third-order valence-electron chi connectivity index (χ3n) is 2.93. The van der Waals surface area contributed by atoms with E-state index in [9.17, 15) is 4.79 Å². The summed E-state index contributed by atoms with van der Waals surface area (Å²) in [5, 5.41) is 3.61. The quantitative estimate of drug-likeness (QED) is 0.888. The molecule has 0 aromatic heterocycles. The van der Waals surface area contributed by atoms with Crippen molar-refractivity contribution in [2.24, 2.45) is 4.99 Å². The lowest BCUT2D eigenvalue weighted by molar-refractivity contribution is 0.140. The Bertz CT molecular complexity index is 571. The average Bonchev–Trinajstić information content (AvgIpc) is 2.49. The standard InChI is InChI=1S/C15H16Cl2N2O2/c16-13-5-4-11(9-14(13)17)10-21-15(20)19-8-6-12-3-1-2-7-18-12/h1,3-5,9H,2,6-8,10H2,(H,19,20). The van der Waals surface area contributed by atoms with E-state index in [1.165, 1.54) is 0 Å². The number of ether oxygens (including phenoxy) is 1. The number of amides is 1. The van der Waals surface area contributed by atoms with Crippen LogP contribution in [0, 0.1) is 0 Å². The monoisotopic (exact) mass is 326 g/mol. The average molecular weight is 327 g/mol. The summed E-state index contributed by atoms with van der Waals surface area (Å²) in [7, 11) is 0. The molecule has 6 heteroatoms. The minimum absolute atomic E-state index is 0.156. The van der Waals surface area contributed by atoms with Gasteiger partial charge in [0, 0.05) is 25.2 Å². The Labute approximate surface area is 133 Å². The number of halogens is 2. The molecule has 0 saturated carbocycles. The molecule has 1 aliphatic rings. The Morgan fingerprint density at radius 1 is 1.33 bits per heavy atom. The minimum Gasteiger partial charge on any atom is -0.445 e. The van der Waals surface area contributed by atoms with Gasteiger partial charge in [-0.15, -0.1) is 0 Å². The first-order chi connectivity index (χ1) is 10.1. The van der Waals surface area contributed by atoms with Crippen molar-refractivity contribution >= 4 is 35.0 Å². The van der Waals surface area contributed by atoms with E-state index in [1.807, 2.05) is 6.08 Å². The molecule has 0 spiro atoms. The zero-order valence-corrected chi connectivity index (χ0v) is 13.0. The van der Waals surface area contributed by atoms with E-state index in [0.717, 1.165) is 24.2 Å². The molecule has 0 aliphatic carbocycles. The van der Waals surface area contributed by atoms with E-state index in [-0.39, 0.29) is 6.61 Å². The molecule has 4 nitrogen and oxygen atoms in total. The number of hydrogen-bond donors (Lipinski definition) is 1. The van der Waals surface area contributed by atoms with Crippen LogP contribution in [0.3, 0.4) is 0 Å². The van der Waals surface area contributed by atoms with Crippen molar-refractivity contribution in [2.75, 3.05) is 13.1 Å². The molecule has 112 valence electrons. The van der Waals surface area contributed by atoms with E-state index >= 15 is 0 Å². The number of aliphatic imine (C=N–C) groups is 1. The Balaban J connectivity index is 1.68. The molecular weight excluding hydrogens is 311 g/mol. The number of carbonyl (C=O) groups excluding carboxylic acids is 1. The van der Waals surface area contributed by atoms with Crippen molar-refractivity contribution in [3.8, 4) is 0 Å². The number of hydrogen-bond acceptors (Lipinski definition) is 3. The maximum Gasteiger partial charge on any atom is 0.407 e. The first-order valence-electron chi connectivity index (χ1n) is 6.69. The second-order valence-electron chi connectivity index (χ2n) is 4.57. The lowest BCUT2D eigenvalue weighted by atomic mass is 10.2. The molecule has 1 aliphatic heterocycles. The van der Waals surface area contributed by atoms with Crippen molar-refractivity contribution < 1.29 is 9.53 Å². The Kier molecular flexibility index (Phi) is 6.08. The van der Waals surface area contributed by atoms with Gasteiger partial charge >= 0.3 is 6.09 Å². The minimum atomic E-state index is -0.457. The molecular formula is C15H16Cl2N2O2. The van der Waals surface area contributed by atoms with Crippen LogP contribution >= 0.6 is 23.2 Å². The number of allylic oxidation sites excluding steroid dienone is 1. The van der Waals surface area contributed by atoms with Crippen molar-refractivity contribution in [3.63, 3.8) is 0 Å². The van der Waals surface area contributed by atoms with E-state index in [1.54, 1.807) is 18.2 Å². The molecule has 1 N–H and O–H groups in total. The third kappa shape index (κ3) is 5.40. The highest BCUT2D eigenvalue weighted by Crippen LogP contribution is 2.22. The number of nitrogens with one attached hydrogen (secondary N) is 1. The fourth-order valence-corrected chi connectivity index (χ4v) is 2.16. The van der Waals surface area contributed by atoms with Crippen LogP contribution < -0.4 is 5.32 Å². The molecule has 0 fully saturated rings. The SMILES string of the molecule is O=C(NCCC1=NCCC=C1)OCc1ccc(Cl)c(Cl)c1. The maximum atomic E-state index is 11.6. The fraction of sp³-hybridized carbons (Fsp3) is 0.333. The number of benzene rings is 1. The highest BCUT2D eigenvalue weighted by Gasteiger charge is 2.05. The highest BCUT2D eigenvalue weighted by atomic mass is 35.5. The van der Waals surface area contributed by atoms with E-state index in [2.05, 4.69) is 16.4 Å². The zero-order valence-electron chi connectivity index (χ0n) is 11.4. The first kappa shape index (κ1) is 15.9. The summed E-state index contributed by atoms with van der Waals surface area (Å²) in [5.74, 6) is 0. The van der Waals surface area contributed by atoms with Crippen molar-refractivity contribution in [2.45, 2.75) is 19.4 Å². The maximum absolute atomic E-state index is 11.6. The predicted molar refractivity (Wildman–Crippen MR) is 85.3 cm³/mol. The number of dihydropyridines is 1. The van der Waals surface area contributed by atoms with Crippen LogP contribution in [-0.4, -0.2) is 24.9 Å². The summed E-state index contributed by atoms with van der Waals surface area (Å²) in [5.41, 5.74) is 1.80. The lowest BCUT2D eigenvalue weighted by Crippen LogP contribution is -2.26. The molecule has 0 bridgehead atoms. The molecule has 1 amide bonds. The van der Waals surface area contributed by atoms with Crippen LogP contribution in [0.5, 0.6) is 0 Å². The first-order valence-corrected chi connectivity index (χ1v) is 7.45. The number of carbonyl (C=O) groups is 1. The van der Waals surface area contributed by atoms with Gasteiger partial charge in [-0.05, 0) is 30.2 Å². The summed E-state index contributed by atoms with van der Waals surface area (Å²) < 4.78 is 5.10. The summed E-state index contributed by atoms with van der Waals surface area (Å²) in [4.78, 5) is 15.9. The molecule has 1 aromatic rings. The Morgan fingerprint density at radius 2 is 2.19 bits per heavy atom. The van der Waals surface area contributed by atoms with Gasteiger partial charge in [0.1, 0.15) is 6.61 Å². The Morgan fingerprint density at radius 3 is 2.90 bits per heavy atom. The predicted octanol–water partition coefficient (Wildman–Crippen LogP) is 4.01. The van der Waals surface area contributed by atoms with Gasteiger partial charge in [-0.1, -0.05) is 35.3 Å². The molecule has 21 heavy (non-hydrogen) atoms. The number of rotatable bonds is 5. The van der Waals surface area contributed by atoms with E-state index in [0.29, 0.717) is 23.0 Å². The van der Waals surface area contributed by atoms with Crippen LogP contribution in [0.1, 0.15) is 18.4 Å². The van der Waals surface area contributed by atoms with Crippen molar-refractivity contribution in [1.82, 2.24) is 5.32 Å². The van der Waals surface area contributed by atoms with Crippen LogP contribution in [0.2, 0.25) is 10.0 Å². The normalized spacial score (nSPS) is 13.7. The van der Waals surface area contributed by atoms with Gasteiger partial charge in [-0.25, -0.2) is 4.79 Å². The van der Waals surface area contributed by atoms with Crippen LogP contribution in [-0.2, 0) is 11.3 Å². The summed E-state index contributed by atoms with van der Waals surface area (Å²) in [6.07, 6.45) is 5.32. The molecule has 0 unspecified atom stereocenters. The van der Waals surface area contributed by atoms with Gasteiger partial charge in [0.25, 0.3) is 0 Å². The van der Waals surface area contributed by atoms with Gasteiger partial charge in [0.2, 0.25) is 0 Å². The largest absolute Gasteiger partial charge is 0.445 e. The number of alkyl carbamates (subject to hydrolysis) is 1. The van der Waals surface area contributed by atoms with Gasteiger partial charge < -0.3 is 10.1 Å². The smallest absolute Gasteiger partial charge is 0.407 e. The van der Waals surface area contributed by atoms with Crippen LogP contribution in [0.4, 0.5) is 4.79 Å². The summed E-state index contributed by atoms with van der Waals surface area (Å²) in [6, 6.07) is 5.12. The van der Waals surface area contributed by atoms with Crippen LogP contribution in [0.25, 0.3) is 0 Å². The van der Waals surface area contributed by atoms with Crippen LogP contribution in [0.15, 0.2) is 35.3 Å². The van der Waals surface area contributed by atoms with Gasteiger partial charge in [-0.2, -0.15) is 0 Å². The van der Waals surface area contributed by atoms with E-state index < -0.39 is 6.09 Å². The summed E-state index contributed by atoms with van der Waals surface area (Å²) >= 11 is 11.7. The number of nitrogens with zero attached hydrogens (tertiary/aromatic N) is 1. The molecule has 1 heterocycles. The van der Waals surface area contributed by atoms with Gasteiger partial charge in [0.15, 0.2) is 0 Å². The lowest BCUT2D eigenvalue weighted by Gasteiger charge is -2.09. The second kappa shape index (κ2) is 8.05. The van der Waals surface area contributed by atoms with Crippen molar-refractivity contribution in [3.05, 3.63) is 46.0 Å². The molecule has 0 radical (unpaired) electrons. The molecule has 1 aromatic carbocycles. The fourth-order valence-electron chi connectivity index (χ4n) is 1.84. The molecule has 0 saturated heterocycles. The zero-order chi connectivity index (χ0) is 15.1. The van der Waals surface area contributed by atoms with Gasteiger partial charge in [0.05, 0.1) is 10.0 Å². The van der Waals surface area contributed by atoms with E-state index in [4.69, 9.17) is 27.9 Å². The third-order valence-corrected chi connectivity index (χ3v) is 3.66. The topological polar surface area (TPSA) is 50.7 Å². The highest BCUT2D eigenvalue weighted by molar-refractivity contribution is 6.42. The van der Waals surface area contributed by atoms with Gasteiger partial charge in [-0.3, -0.25) is 4.99 Å². The molecule has 2 rings (SSSR count). The molecule has 0 atom stereocenters. The van der Waals surface area contributed by atoms with Crippen molar-refractivity contribution in [1.29, 1.82) is 0 Å². The Hall–Kier alpha value is -1.52.